The van der Waals surface area contributed by atoms with E-state index in [1.165, 1.54) is 32.0 Å². The van der Waals surface area contributed by atoms with Crippen LogP contribution in [0.1, 0.15) is 38.3 Å². The molecule has 1 N–H and O–H groups in total. The molecular formula is C15H23FN2. The molecule has 0 aromatic heterocycles. The van der Waals surface area contributed by atoms with Crippen molar-refractivity contribution >= 4 is 0 Å². The van der Waals surface area contributed by atoms with Crippen LogP contribution in [0, 0.1) is 5.82 Å². The highest BCUT2D eigenvalue weighted by Crippen LogP contribution is 2.18. The molecule has 2 nitrogen and oxygen atoms in total. The molecule has 100 valence electrons. The lowest BCUT2D eigenvalue weighted by Gasteiger charge is -2.33. The van der Waals surface area contributed by atoms with Crippen LogP contribution >= 0.6 is 0 Å². The van der Waals surface area contributed by atoms with Crippen LogP contribution in [0.5, 0.6) is 0 Å². The molecule has 0 amide bonds. The second kappa shape index (κ2) is 6.30. The van der Waals surface area contributed by atoms with Crippen LogP contribution in [0.4, 0.5) is 4.39 Å². The van der Waals surface area contributed by atoms with Crippen LogP contribution in [-0.4, -0.2) is 30.6 Å². The molecule has 1 atom stereocenters. The third-order valence-corrected chi connectivity index (χ3v) is 3.87. The average Bonchev–Trinajstić information content (AvgIpc) is 2.39. The molecule has 2 rings (SSSR count). The molecule has 1 aliphatic rings. The predicted octanol–water partition coefficient (Wildman–Crippen LogP) is 2.96. The number of hydrogen-bond donors (Lipinski definition) is 1. The van der Waals surface area contributed by atoms with Crippen molar-refractivity contribution in [3.63, 3.8) is 0 Å². The molecule has 0 bridgehead atoms. The minimum absolute atomic E-state index is 0.151. The van der Waals surface area contributed by atoms with Crippen molar-refractivity contribution < 1.29 is 4.39 Å². The Morgan fingerprint density at radius 1 is 1.39 bits per heavy atom. The van der Waals surface area contributed by atoms with E-state index < -0.39 is 0 Å². The standard InChI is InChI=1S/C15H23FN2/c1-3-18-9-7-15(8-10-18)17-12(2)13-5-4-6-14(16)11-13/h4-6,11-12,15,17H,3,7-10H2,1-2H3. The predicted molar refractivity (Wildman–Crippen MR) is 73.1 cm³/mol. The molecular weight excluding hydrogens is 227 g/mol. The molecule has 1 heterocycles. The summed E-state index contributed by atoms with van der Waals surface area (Å²) in [5.41, 5.74) is 1.04. The Hall–Kier alpha value is -0.930. The lowest BCUT2D eigenvalue weighted by molar-refractivity contribution is 0.200. The van der Waals surface area contributed by atoms with Gasteiger partial charge >= 0.3 is 0 Å². The van der Waals surface area contributed by atoms with Gasteiger partial charge in [-0.25, -0.2) is 4.39 Å². The SMILES string of the molecule is CCN1CCC(NC(C)c2cccc(F)c2)CC1. The van der Waals surface area contributed by atoms with Crippen LogP contribution in [-0.2, 0) is 0 Å². The molecule has 18 heavy (non-hydrogen) atoms. The quantitative estimate of drug-likeness (QED) is 0.884. The van der Waals surface area contributed by atoms with Crippen LogP contribution in [0.3, 0.4) is 0 Å². The third kappa shape index (κ3) is 3.53. The van der Waals surface area contributed by atoms with Crippen molar-refractivity contribution in [1.29, 1.82) is 0 Å². The summed E-state index contributed by atoms with van der Waals surface area (Å²) in [5, 5.41) is 3.61. The van der Waals surface area contributed by atoms with E-state index in [4.69, 9.17) is 0 Å². The molecule has 1 fully saturated rings. The number of likely N-dealkylation sites (tertiary alicyclic amines) is 1. The summed E-state index contributed by atoms with van der Waals surface area (Å²) < 4.78 is 13.2. The fourth-order valence-corrected chi connectivity index (χ4v) is 2.64. The molecule has 1 aliphatic heterocycles. The summed E-state index contributed by atoms with van der Waals surface area (Å²) >= 11 is 0. The van der Waals surface area contributed by atoms with E-state index in [1.807, 2.05) is 6.07 Å². The largest absolute Gasteiger partial charge is 0.307 e. The highest BCUT2D eigenvalue weighted by molar-refractivity contribution is 5.19. The highest BCUT2D eigenvalue weighted by atomic mass is 19.1. The number of nitrogens with zero attached hydrogens (tertiary/aromatic N) is 1. The summed E-state index contributed by atoms with van der Waals surface area (Å²) in [7, 11) is 0. The first-order chi connectivity index (χ1) is 8.69. The molecule has 1 saturated heterocycles. The zero-order valence-electron chi connectivity index (χ0n) is 11.3. The average molecular weight is 250 g/mol. The van der Waals surface area contributed by atoms with Crippen molar-refractivity contribution in [2.45, 2.75) is 38.8 Å². The van der Waals surface area contributed by atoms with E-state index in [0.717, 1.165) is 12.1 Å². The molecule has 0 aliphatic carbocycles. The van der Waals surface area contributed by atoms with Gasteiger partial charge < -0.3 is 10.2 Å². The van der Waals surface area contributed by atoms with Gasteiger partial charge in [-0.2, -0.15) is 0 Å². The Balaban J connectivity index is 1.86. The zero-order chi connectivity index (χ0) is 13.0. The van der Waals surface area contributed by atoms with Gasteiger partial charge in [-0.3, -0.25) is 0 Å². The molecule has 3 heteroatoms. The molecule has 1 aromatic rings. The van der Waals surface area contributed by atoms with E-state index in [0.29, 0.717) is 6.04 Å². The first kappa shape index (κ1) is 13.5. The van der Waals surface area contributed by atoms with Gasteiger partial charge in [0.25, 0.3) is 0 Å². The second-order valence-corrected chi connectivity index (χ2v) is 5.15. The maximum atomic E-state index is 13.2. The summed E-state index contributed by atoms with van der Waals surface area (Å²) in [6, 6.07) is 7.67. The Kier molecular flexibility index (Phi) is 4.72. The maximum absolute atomic E-state index is 13.2. The Morgan fingerprint density at radius 2 is 2.11 bits per heavy atom. The van der Waals surface area contributed by atoms with Crippen molar-refractivity contribution in [1.82, 2.24) is 10.2 Å². The summed E-state index contributed by atoms with van der Waals surface area (Å²) in [6.07, 6.45) is 2.38. The van der Waals surface area contributed by atoms with Crippen LogP contribution in [0.2, 0.25) is 0 Å². The topological polar surface area (TPSA) is 15.3 Å². The first-order valence-electron chi connectivity index (χ1n) is 6.93. The van der Waals surface area contributed by atoms with Crippen molar-refractivity contribution in [2.24, 2.45) is 0 Å². The molecule has 0 radical (unpaired) electrons. The van der Waals surface area contributed by atoms with E-state index in [1.54, 1.807) is 12.1 Å². The van der Waals surface area contributed by atoms with Crippen molar-refractivity contribution in [2.75, 3.05) is 19.6 Å². The molecule has 1 unspecified atom stereocenters. The van der Waals surface area contributed by atoms with Gasteiger partial charge in [-0.15, -0.1) is 0 Å². The number of halogens is 1. The number of piperidine rings is 1. The maximum Gasteiger partial charge on any atom is 0.123 e. The fraction of sp³-hybridized carbons (Fsp3) is 0.600. The van der Waals surface area contributed by atoms with Gasteiger partial charge in [-0.05, 0) is 57.1 Å². The Bertz CT molecular complexity index is 373. The molecule has 0 saturated carbocycles. The monoisotopic (exact) mass is 250 g/mol. The van der Waals surface area contributed by atoms with Crippen LogP contribution in [0.25, 0.3) is 0 Å². The Morgan fingerprint density at radius 3 is 2.72 bits per heavy atom. The zero-order valence-corrected chi connectivity index (χ0v) is 11.3. The third-order valence-electron chi connectivity index (χ3n) is 3.87. The summed E-state index contributed by atoms with van der Waals surface area (Å²) in [6.45, 7) is 7.81. The van der Waals surface area contributed by atoms with Crippen molar-refractivity contribution in [3.05, 3.63) is 35.6 Å². The molecule has 0 spiro atoms. The van der Waals surface area contributed by atoms with E-state index in [-0.39, 0.29) is 11.9 Å². The van der Waals surface area contributed by atoms with Crippen LogP contribution < -0.4 is 5.32 Å². The smallest absolute Gasteiger partial charge is 0.123 e. The van der Waals surface area contributed by atoms with Gasteiger partial charge in [0.15, 0.2) is 0 Å². The van der Waals surface area contributed by atoms with Crippen molar-refractivity contribution in [3.8, 4) is 0 Å². The van der Waals surface area contributed by atoms with Crippen LogP contribution in [0.15, 0.2) is 24.3 Å². The van der Waals surface area contributed by atoms with Gasteiger partial charge in [0.1, 0.15) is 5.82 Å². The summed E-state index contributed by atoms with van der Waals surface area (Å²) in [5.74, 6) is -0.151. The number of benzene rings is 1. The van der Waals surface area contributed by atoms with E-state index >= 15 is 0 Å². The lowest BCUT2D eigenvalue weighted by Crippen LogP contribution is -2.43. The first-order valence-corrected chi connectivity index (χ1v) is 6.93. The van der Waals surface area contributed by atoms with Gasteiger partial charge in [-0.1, -0.05) is 19.1 Å². The normalized spacial score (nSPS) is 19.9. The Labute approximate surface area is 109 Å². The second-order valence-electron chi connectivity index (χ2n) is 5.15. The number of hydrogen-bond acceptors (Lipinski definition) is 2. The highest BCUT2D eigenvalue weighted by Gasteiger charge is 2.19. The lowest BCUT2D eigenvalue weighted by atomic mass is 10.0. The minimum atomic E-state index is -0.151. The minimum Gasteiger partial charge on any atom is -0.307 e. The van der Waals surface area contributed by atoms with E-state index in [9.17, 15) is 4.39 Å². The number of nitrogens with one attached hydrogen (secondary N) is 1. The summed E-state index contributed by atoms with van der Waals surface area (Å²) in [4.78, 5) is 2.48. The van der Waals surface area contributed by atoms with Gasteiger partial charge in [0.2, 0.25) is 0 Å². The molecule has 1 aromatic carbocycles. The fourth-order valence-electron chi connectivity index (χ4n) is 2.64. The van der Waals surface area contributed by atoms with E-state index in [2.05, 4.69) is 24.1 Å². The number of rotatable bonds is 4. The van der Waals surface area contributed by atoms with Gasteiger partial charge in [0.05, 0.1) is 0 Å². The van der Waals surface area contributed by atoms with Gasteiger partial charge in [0, 0.05) is 12.1 Å².